The summed E-state index contributed by atoms with van der Waals surface area (Å²) in [5.74, 6) is 1.08. The molecular weight excluding hydrogens is 266 g/mol. The van der Waals surface area contributed by atoms with Gasteiger partial charge in [-0.15, -0.1) is 11.3 Å². The fraction of sp³-hybridized carbons (Fsp3) is 0.412. The number of rotatable bonds is 5. The lowest BCUT2D eigenvalue weighted by Crippen LogP contribution is -2.16. The summed E-state index contributed by atoms with van der Waals surface area (Å²) >= 11 is 1.85. The number of nitrogens with one attached hydrogen (secondary N) is 1. The molecule has 0 bridgehead atoms. The van der Waals surface area contributed by atoms with Gasteiger partial charge in [0.05, 0.1) is 6.61 Å². The highest BCUT2D eigenvalue weighted by Crippen LogP contribution is 2.29. The van der Waals surface area contributed by atoms with Crippen LogP contribution in [0.3, 0.4) is 0 Å². The molecule has 1 aromatic heterocycles. The van der Waals surface area contributed by atoms with Crippen molar-refractivity contribution in [2.24, 2.45) is 0 Å². The van der Waals surface area contributed by atoms with Crippen LogP contribution in [0.15, 0.2) is 29.6 Å². The van der Waals surface area contributed by atoms with Gasteiger partial charge in [-0.05, 0) is 61.0 Å². The van der Waals surface area contributed by atoms with Crippen LogP contribution in [0.5, 0.6) is 5.75 Å². The zero-order chi connectivity index (χ0) is 13.9. The molecule has 2 heterocycles. The molecule has 1 aromatic carbocycles. The van der Waals surface area contributed by atoms with Crippen LogP contribution in [0.4, 0.5) is 0 Å². The molecule has 1 aliphatic rings. The van der Waals surface area contributed by atoms with Gasteiger partial charge in [0, 0.05) is 17.3 Å². The minimum absolute atomic E-state index is 0.458. The second-order valence-electron chi connectivity index (χ2n) is 5.39. The maximum absolute atomic E-state index is 5.56. The number of fused-ring (bicyclic) bond motifs is 1. The minimum Gasteiger partial charge on any atom is -0.493 e. The van der Waals surface area contributed by atoms with E-state index in [1.165, 1.54) is 21.6 Å². The van der Waals surface area contributed by atoms with Crippen molar-refractivity contribution in [2.75, 3.05) is 13.7 Å². The number of hydrogen-bond donors (Lipinski definition) is 1. The van der Waals surface area contributed by atoms with Crippen molar-refractivity contribution in [1.82, 2.24) is 5.32 Å². The molecule has 0 saturated heterocycles. The molecule has 1 N–H and O–H groups in total. The Balaban J connectivity index is 1.68. The van der Waals surface area contributed by atoms with Crippen LogP contribution in [0.1, 0.15) is 34.0 Å². The molecule has 2 nitrogen and oxygen atoms in total. The molecule has 3 heteroatoms. The molecule has 1 aliphatic heterocycles. The monoisotopic (exact) mass is 287 g/mol. The number of aryl methyl sites for hydroxylation is 2. The van der Waals surface area contributed by atoms with Gasteiger partial charge in [0.2, 0.25) is 0 Å². The van der Waals surface area contributed by atoms with Gasteiger partial charge in [-0.3, -0.25) is 0 Å². The molecule has 3 rings (SSSR count). The first-order chi connectivity index (χ1) is 9.78. The Morgan fingerprint density at radius 3 is 3.00 bits per heavy atom. The van der Waals surface area contributed by atoms with E-state index in [4.69, 9.17) is 4.74 Å². The predicted molar refractivity (Wildman–Crippen MR) is 84.8 cm³/mol. The average molecular weight is 287 g/mol. The highest BCUT2D eigenvalue weighted by molar-refractivity contribution is 7.10. The number of ether oxygens (including phenoxy) is 1. The molecule has 0 fully saturated rings. The zero-order valence-corrected chi connectivity index (χ0v) is 12.9. The Bertz CT molecular complexity index is 590. The lowest BCUT2D eigenvalue weighted by Gasteiger charge is -2.16. The summed E-state index contributed by atoms with van der Waals surface area (Å²) in [6.07, 6.45) is 3.30. The standard InChI is InChI=1S/C17H21NOS/c1-12-8-10-20-17(12)15(18-2)5-3-13-4-6-16-14(11-13)7-9-19-16/h4,6,8,10-11,15,18H,3,5,7,9H2,1-2H3. The molecule has 0 spiro atoms. The summed E-state index contributed by atoms with van der Waals surface area (Å²) in [6.45, 7) is 3.04. The van der Waals surface area contributed by atoms with Crippen LogP contribution in [-0.4, -0.2) is 13.7 Å². The first-order valence-corrected chi connectivity index (χ1v) is 8.12. The van der Waals surface area contributed by atoms with E-state index < -0.39 is 0 Å². The van der Waals surface area contributed by atoms with Crippen LogP contribution in [0, 0.1) is 6.92 Å². The smallest absolute Gasteiger partial charge is 0.122 e. The molecular formula is C17H21NOS. The molecule has 1 unspecified atom stereocenters. The molecule has 20 heavy (non-hydrogen) atoms. The van der Waals surface area contributed by atoms with E-state index in [2.05, 4.69) is 48.9 Å². The van der Waals surface area contributed by atoms with Gasteiger partial charge in [-0.2, -0.15) is 0 Å². The largest absolute Gasteiger partial charge is 0.493 e. The fourth-order valence-corrected chi connectivity index (χ4v) is 3.93. The van der Waals surface area contributed by atoms with Gasteiger partial charge < -0.3 is 10.1 Å². The first-order valence-electron chi connectivity index (χ1n) is 7.24. The Hall–Kier alpha value is -1.32. The van der Waals surface area contributed by atoms with Crippen LogP contribution >= 0.6 is 11.3 Å². The van der Waals surface area contributed by atoms with E-state index >= 15 is 0 Å². The normalized spacial score (nSPS) is 14.9. The van der Waals surface area contributed by atoms with Crippen LogP contribution < -0.4 is 10.1 Å². The maximum atomic E-state index is 5.56. The quantitative estimate of drug-likeness (QED) is 0.901. The van der Waals surface area contributed by atoms with Crippen molar-refractivity contribution < 1.29 is 4.74 Å². The Morgan fingerprint density at radius 1 is 1.35 bits per heavy atom. The van der Waals surface area contributed by atoms with Crippen molar-refractivity contribution in [3.05, 3.63) is 51.2 Å². The van der Waals surface area contributed by atoms with Gasteiger partial charge in [-0.1, -0.05) is 12.1 Å². The highest BCUT2D eigenvalue weighted by Gasteiger charge is 2.15. The Labute approximate surface area is 124 Å². The number of benzene rings is 1. The summed E-state index contributed by atoms with van der Waals surface area (Å²) in [4.78, 5) is 1.47. The molecule has 2 aromatic rings. The molecule has 0 radical (unpaired) electrons. The van der Waals surface area contributed by atoms with E-state index in [0.717, 1.165) is 31.6 Å². The van der Waals surface area contributed by atoms with Crippen molar-refractivity contribution in [2.45, 2.75) is 32.2 Å². The summed E-state index contributed by atoms with van der Waals surface area (Å²) < 4.78 is 5.56. The van der Waals surface area contributed by atoms with Gasteiger partial charge in [0.1, 0.15) is 5.75 Å². The molecule has 1 atom stereocenters. The van der Waals surface area contributed by atoms with E-state index in [9.17, 15) is 0 Å². The summed E-state index contributed by atoms with van der Waals surface area (Å²) in [5.41, 5.74) is 4.19. The maximum Gasteiger partial charge on any atom is 0.122 e. The highest BCUT2D eigenvalue weighted by atomic mass is 32.1. The van der Waals surface area contributed by atoms with Gasteiger partial charge in [-0.25, -0.2) is 0 Å². The van der Waals surface area contributed by atoms with Crippen molar-refractivity contribution in [3.63, 3.8) is 0 Å². The van der Waals surface area contributed by atoms with E-state index in [1.807, 2.05) is 11.3 Å². The molecule has 106 valence electrons. The molecule has 0 amide bonds. The van der Waals surface area contributed by atoms with Crippen LogP contribution in [-0.2, 0) is 12.8 Å². The Kier molecular flexibility index (Phi) is 4.08. The second-order valence-corrected chi connectivity index (χ2v) is 6.34. The number of thiophene rings is 1. The lowest BCUT2D eigenvalue weighted by atomic mass is 10.0. The summed E-state index contributed by atoms with van der Waals surface area (Å²) in [5, 5.41) is 5.64. The van der Waals surface area contributed by atoms with Gasteiger partial charge >= 0.3 is 0 Å². The van der Waals surface area contributed by atoms with Crippen LogP contribution in [0.25, 0.3) is 0 Å². The van der Waals surface area contributed by atoms with Gasteiger partial charge in [0.15, 0.2) is 0 Å². The summed E-state index contributed by atoms with van der Waals surface area (Å²) in [6, 6.07) is 9.31. The van der Waals surface area contributed by atoms with Crippen molar-refractivity contribution >= 4 is 11.3 Å². The second kappa shape index (κ2) is 5.98. The third kappa shape index (κ3) is 2.74. The third-order valence-electron chi connectivity index (χ3n) is 4.04. The predicted octanol–water partition coefficient (Wildman–Crippen LogP) is 3.88. The lowest BCUT2D eigenvalue weighted by molar-refractivity contribution is 0.357. The fourth-order valence-electron chi connectivity index (χ4n) is 2.85. The SMILES string of the molecule is CNC(CCc1ccc2c(c1)CCO2)c1sccc1C. The Morgan fingerprint density at radius 2 is 2.25 bits per heavy atom. The first kappa shape index (κ1) is 13.7. The third-order valence-corrected chi connectivity index (χ3v) is 5.17. The number of hydrogen-bond acceptors (Lipinski definition) is 3. The summed E-state index contributed by atoms with van der Waals surface area (Å²) in [7, 11) is 2.06. The minimum atomic E-state index is 0.458. The molecule has 0 aliphatic carbocycles. The zero-order valence-electron chi connectivity index (χ0n) is 12.1. The van der Waals surface area contributed by atoms with Gasteiger partial charge in [0.25, 0.3) is 0 Å². The van der Waals surface area contributed by atoms with Crippen molar-refractivity contribution in [3.8, 4) is 5.75 Å². The average Bonchev–Trinajstić information content (AvgIpc) is 3.08. The van der Waals surface area contributed by atoms with Crippen molar-refractivity contribution in [1.29, 1.82) is 0 Å². The van der Waals surface area contributed by atoms with E-state index in [-0.39, 0.29) is 0 Å². The topological polar surface area (TPSA) is 21.3 Å². The van der Waals surface area contributed by atoms with Crippen LogP contribution in [0.2, 0.25) is 0 Å². The van der Waals surface area contributed by atoms with E-state index in [0.29, 0.717) is 6.04 Å². The van der Waals surface area contributed by atoms with E-state index in [1.54, 1.807) is 0 Å². The molecule has 0 saturated carbocycles.